The van der Waals surface area contributed by atoms with Gasteiger partial charge in [0.15, 0.2) is 11.0 Å². The van der Waals surface area contributed by atoms with Crippen LogP contribution in [-0.4, -0.2) is 37.6 Å². The van der Waals surface area contributed by atoms with Gasteiger partial charge in [-0.2, -0.15) is 0 Å². The summed E-state index contributed by atoms with van der Waals surface area (Å²) in [6.45, 7) is 5.12. The van der Waals surface area contributed by atoms with Crippen LogP contribution in [0.25, 0.3) is 33.3 Å². The van der Waals surface area contributed by atoms with Crippen molar-refractivity contribution in [3.05, 3.63) is 54.6 Å². The Labute approximate surface area is 203 Å². The van der Waals surface area contributed by atoms with Crippen molar-refractivity contribution >= 4 is 16.5 Å². The molecule has 0 radical (unpaired) electrons. The zero-order valence-corrected chi connectivity index (χ0v) is 20.3. The van der Waals surface area contributed by atoms with E-state index in [4.69, 9.17) is 14.7 Å². The molecule has 0 unspecified atom stereocenters. The summed E-state index contributed by atoms with van der Waals surface area (Å²) < 4.78 is 6.20. The fraction of sp³-hybridized carbons (Fsp3) is 0.346. The van der Waals surface area contributed by atoms with E-state index in [1.54, 1.807) is 29.9 Å². The maximum Gasteiger partial charge on any atom is 0.183 e. The SMILES string of the molecule is CCCNc1ncc(-c2cc(-c3ccc(OC4CCCC4)cc3C)nc(-c3cnccn3)n2)s1. The smallest absolute Gasteiger partial charge is 0.183 e. The number of anilines is 1. The highest BCUT2D eigenvalue weighted by atomic mass is 32.1. The molecule has 1 saturated carbocycles. The van der Waals surface area contributed by atoms with Gasteiger partial charge >= 0.3 is 0 Å². The van der Waals surface area contributed by atoms with Gasteiger partial charge in [0.05, 0.1) is 28.6 Å². The molecule has 0 aliphatic heterocycles. The van der Waals surface area contributed by atoms with Crippen molar-refractivity contribution in [2.45, 2.75) is 52.1 Å². The number of ether oxygens (including phenoxy) is 1. The van der Waals surface area contributed by atoms with Gasteiger partial charge in [-0.25, -0.2) is 19.9 Å². The highest BCUT2D eigenvalue weighted by Crippen LogP contribution is 2.34. The number of hydrogen-bond acceptors (Lipinski definition) is 8. The molecule has 174 valence electrons. The monoisotopic (exact) mass is 472 g/mol. The van der Waals surface area contributed by atoms with E-state index in [9.17, 15) is 0 Å². The van der Waals surface area contributed by atoms with Crippen molar-refractivity contribution < 1.29 is 4.74 Å². The zero-order valence-electron chi connectivity index (χ0n) is 19.5. The maximum atomic E-state index is 6.20. The summed E-state index contributed by atoms with van der Waals surface area (Å²) in [5.41, 5.74) is 4.45. The molecule has 0 spiro atoms. The van der Waals surface area contributed by atoms with Crippen molar-refractivity contribution in [2.24, 2.45) is 0 Å². The standard InChI is InChI=1S/C26H28N6OS/c1-3-10-29-26-30-16-24(34-26)22-14-21(31-25(32-22)23-15-27-11-12-28-23)20-9-8-19(13-17(20)2)33-18-6-4-5-7-18/h8-9,11-16,18H,3-7,10H2,1-2H3,(H,29,30). The van der Waals surface area contributed by atoms with Gasteiger partial charge in [-0.15, -0.1) is 0 Å². The van der Waals surface area contributed by atoms with Crippen molar-refractivity contribution in [3.63, 3.8) is 0 Å². The normalized spacial score (nSPS) is 13.8. The second-order valence-electron chi connectivity index (χ2n) is 8.51. The first-order valence-electron chi connectivity index (χ1n) is 11.8. The molecule has 0 atom stereocenters. The van der Waals surface area contributed by atoms with E-state index in [1.165, 1.54) is 12.8 Å². The Morgan fingerprint density at radius 2 is 1.85 bits per heavy atom. The van der Waals surface area contributed by atoms with Crippen molar-refractivity contribution in [2.75, 3.05) is 11.9 Å². The average molecular weight is 473 g/mol. The molecule has 4 aromatic rings. The molecule has 0 saturated heterocycles. The molecule has 34 heavy (non-hydrogen) atoms. The van der Waals surface area contributed by atoms with Crippen molar-refractivity contribution in [1.29, 1.82) is 0 Å². The van der Waals surface area contributed by atoms with Crippen LogP contribution in [0, 0.1) is 6.92 Å². The van der Waals surface area contributed by atoms with Crippen LogP contribution in [0.2, 0.25) is 0 Å². The molecule has 5 rings (SSSR count). The van der Waals surface area contributed by atoms with Crippen LogP contribution in [0.4, 0.5) is 5.13 Å². The number of hydrogen-bond donors (Lipinski definition) is 1. The second kappa shape index (κ2) is 10.3. The molecule has 1 N–H and O–H groups in total. The molecule has 8 heteroatoms. The molecule has 0 amide bonds. The minimum absolute atomic E-state index is 0.334. The Bertz CT molecular complexity index is 1250. The minimum atomic E-state index is 0.334. The molecule has 1 aliphatic rings. The Morgan fingerprint density at radius 3 is 2.62 bits per heavy atom. The van der Waals surface area contributed by atoms with E-state index >= 15 is 0 Å². The van der Waals surface area contributed by atoms with Crippen LogP contribution in [-0.2, 0) is 0 Å². The van der Waals surface area contributed by atoms with Gasteiger partial charge in [-0.1, -0.05) is 18.3 Å². The van der Waals surface area contributed by atoms with E-state index in [-0.39, 0.29) is 0 Å². The Balaban J connectivity index is 1.52. The van der Waals surface area contributed by atoms with Gasteiger partial charge in [-0.05, 0) is 68.9 Å². The lowest BCUT2D eigenvalue weighted by Crippen LogP contribution is -2.10. The fourth-order valence-electron chi connectivity index (χ4n) is 4.14. The Morgan fingerprint density at radius 1 is 1.00 bits per heavy atom. The summed E-state index contributed by atoms with van der Waals surface area (Å²) in [6.07, 6.45) is 13.0. The predicted octanol–water partition coefficient (Wildman–Crippen LogP) is 6.18. The molecule has 1 aromatic carbocycles. The van der Waals surface area contributed by atoms with Gasteiger partial charge < -0.3 is 10.1 Å². The number of nitrogens with zero attached hydrogens (tertiary/aromatic N) is 5. The minimum Gasteiger partial charge on any atom is -0.490 e. The number of rotatable bonds is 8. The van der Waals surface area contributed by atoms with Gasteiger partial charge in [-0.3, -0.25) is 4.98 Å². The molecule has 1 fully saturated rings. The van der Waals surface area contributed by atoms with Crippen LogP contribution in [0.1, 0.15) is 44.6 Å². The van der Waals surface area contributed by atoms with Gasteiger partial charge in [0.25, 0.3) is 0 Å². The second-order valence-corrected chi connectivity index (χ2v) is 9.54. The number of aryl methyl sites for hydroxylation is 1. The van der Waals surface area contributed by atoms with Gasteiger partial charge in [0.2, 0.25) is 0 Å². The quantitative estimate of drug-likeness (QED) is 0.328. The lowest BCUT2D eigenvalue weighted by atomic mass is 10.0. The first kappa shape index (κ1) is 22.4. The van der Waals surface area contributed by atoms with Crippen LogP contribution >= 0.6 is 11.3 Å². The van der Waals surface area contributed by atoms with E-state index < -0.39 is 0 Å². The number of thiazole rings is 1. The zero-order chi connectivity index (χ0) is 23.3. The molecule has 7 nitrogen and oxygen atoms in total. The molecule has 3 aromatic heterocycles. The van der Waals surface area contributed by atoms with Gasteiger partial charge in [0.1, 0.15) is 11.4 Å². The topological polar surface area (TPSA) is 85.7 Å². The Kier molecular flexibility index (Phi) is 6.76. The van der Waals surface area contributed by atoms with Crippen LogP contribution in [0.3, 0.4) is 0 Å². The van der Waals surface area contributed by atoms with Crippen LogP contribution in [0.5, 0.6) is 5.75 Å². The van der Waals surface area contributed by atoms with Crippen molar-refractivity contribution in [1.82, 2.24) is 24.9 Å². The van der Waals surface area contributed by atoms with Crippen molar-refractivity contribution in [3.8, 4) is 39.1 Å². The third-order valence-electron chi connectivity index (χ3n) is 5.88. The molecular formula is C26H28N6OS. The summed E-state index contributed by atoms with van der Waals surface area (Å²) in [6, 6.07) is 8.27. The summed E-state index contributed by atoms with van der Waals surface area (Å²) in [5, 5.41) is 4.24. The predicted molar refractivity (Wildman–Crippen MR) is 136 cm³/mol. The number of nitrogens with one attached hydrogen (secondary N) is 1. The van der Waals surface area contributed by atoms with Gasteiger partial charge in [0, 0.05) is 30.7 Å². The maximum absolute atomic E-state index is 6.20. The van der Waals surface area contributed by atoms with Crippen LogP contribution < -0.4 is 10.1 Å². The Hall–Kier alpha value is -3.39. The van der Waals surface area contributed by atoms with E-state index in [1.807, 2.05) is 18.3 Å². The fourth-order valence-corrected chi connectivity index (χ4v) is 4.94. The molecule has 3 heterocycles. The molecule has 0 bridgehead atoms. The first-order valence-corrected chi connectivity index (χ1v) is 12.6. The van der Waals surface area contributed by atoms with Crippen LogP contribution in [0.15, 0.2) is 49.1 Å². The third kappa shape index (κ3) is 5.07. The third-order valence-corrected chi connectivity index (χ3v) is 6.86. The molecular weight excluding hydrogens is 444 g/mol. The number of benzene rings is 1. The highest BCUT2D eigenvalue weighted by molar-refractivity contribution is 7.18. The largest absolute Gasteiger partial charge is 0.490 e. The van der Waals surface area contributed by atoms with E-state index in [0.29, 0.717) is 17.6 Å². The first-order chi connectivity index (χ1) is 16.7. The summed E-state index contributed by atoms with van der Waals surface area (Å²) in [4.78, 5) is 23.8. The molecule has 1 aliphatic carbocycles. The van der Waals surface area contributed by atoms with E-state index in [2.05, 4.69) is 46.2 Å². The average Bonchev–Trinajstić information content (AvgIpc) is 3.55. The summed E-state index contributed by atoms with van der Waals surface area (Å²) in [7, 11) is 0. The summed E-state index contributed by atoms with van der Waals surface area (Å²) in [5.74, 6) is 1.47. The van der Waals surface area contributed by atoms with E-state index in [0.717, 1.165) is 64.1 Å². The number of aromatic nitrogens is 5. The lowest BCUT2D eigenvalue weighted by molar-refractivity contribution is 0.210. The lowest BCUT2D eigenvalue weighted by Gasteiger charge is -2.15. The highest BCUT2D eigenvalue weighted by Gasteiger charge is 2.18. The summed E-state index contributed by atoms with van der Waals surface area (Å²) >= 11 is 1.59.